The zero-order chi connectivity index (χ0) is 13.6. The third kappa shape index (κ3) is 4.13. The zero-order valence-electron chi connectivity index (χ0n) is 12.7. The van der Waals surface area contributed by atoms with Crippen LogP contribution in [0.25, 0.3) is 5.20 Å². The first-order valence-electron chi connectivity index (χ1n) is 7.28. The van der Waals surface area contributed by atoms with Crippen LogP contribution in [0.3, 0.4) is 0 Å². The van der Waals surface area contributed by atoms with E-state index in [1.807, 2.05) is 0 Å². The number of allylic oxidation sites excluding steroid dienone is 1. The first-order chi connectivity index (χ1) is 8.50. The summed E-state index contributed by atoms with van der Waals surface area (Å²) in [6.07, 6.45) is 5.09. The molecule has 0 N–H and O–H groups in total. The minimum absolute atomic E-state index is 1.20. The van der Waals surface area contributed by atoms with Crippen molar-refractivity contribution in [2.45, 2.75) is 59.2 Å². The Morgan fingerprint density at radius 2 is 1.61 bits per heavy atom. The van der Waals surface area contributed by atoms with Crippen molar-refractivity contribution in [1.29, 1.82) is 0 Å². The molecule has 0 amide bonds. The minimum Gasteiger partial charge on any atom is -0.0706 e. The van der Waals surface area contributed by atoms with Crippen LogP contribution in [-0.2, 0) is 0 Å². The van der Waals surface area contributed by atoms with Gasteiger partial charge >= 0.3 is 0 Å². The van der Waals surface area contributed by atoms with Crippen LogP contribution in [-0.4, -0.2) is 8.07 Å². The molecule has 0 aliphatic carbocycles. The second-order valence-electron chi connectivity index (χ2n) is 6.05. The van der Waals surface area contributed by atoms with Crippen molar-refractivity contribution in [2.75, 3.05) is 0 Å². The Kier molecular flexibility index (Phi) is 5.87. The average Bonchev–Trinajstić information content (AvgIpc) is 2.33. The van der Waals surface area contributed by atoms with Crippen molar-refractivity contribution in [1.82, 2.24) is 0 Å². The summed E-state index contributed by atoms with van der Waals surface area (Å²) in [6.45, 7) is 12.0. The highest BCUT2D eigenvalue weighted by Gasteiger charge is 2.23. The van der Waals surface area contributed by atoms with Gasteiger partial charge in [0.2, 0.25) is 0 Å². The van der Waals surface area contributed by atoms with Gasteiger partial charge in [-0.2, -0.15) is 0 Å². The van der Waals surface area contributed by atoms with Crippen LogP contribution in [0.15, 0.2) is 35.9 Å². The van der Waals surface area contributed by atoms with E-state index in [4.69, 9.17) is 0 Å². The molecule has 0 fully saturated rings. The van der Waals surface area contributed by atoms with Crippen molar-refractivity contribution >= 4 is 13.3 Å². The van der Waals surface area contributed by atoms with Crippen molar-refractivity contribution in [3.05, 3.63) is 41.5 Å². The Balaban J connectivity index is 3.23. The zero-order valence-corrected chi connectivity index (χ0v) is 13.7. The molecule has 0 saturated heterocycles. The third-order valence-corrected chi connectivity index (χ3v) is 5.57. The second-order valence-corrected chi connectivity index (χ2v) is 11.1. The molecule has 0 aliphatic rings. The molecule has 0 nitrogen and oxygen atoms in total. The smallest absolute Gasteiger partial charge is 0.0706 e. The maximum Gasteiger partial charge on any atom is 0.0783 e. The summed E-state index contributed by atoms with van der Waals surface area (Å²) in [6, 6.07) is 11.0. The van der Waals surface area contributed by atoms with E-state index < -0.39 is 8.07 Å². The van der Waals surface area contributed by atoms with E-state index in [0.29, 0.717) is 0 Å². The monoisotopic (exact) mass is 260 g/mol. The summed E-state index contributed by atoms with van der Waals surface area (Å²) in [7, 11) is -1.28. The molecule has 1 aromatic rings. The van der Waals surface area contributed by atoms with Crippen LogP contribution >= 0.6 is 0 Å². The van der Waals surface area contributed by atoms with Crippen LogP contribution < -0.4 is 0 Å². The SMILES string of the molecule is CCCCC(CC)=C(c1ccccc1)[Si](C)(C)C. The number of unbranched alkanes of at least 4 members (excludes halogenated alkanes) is 1. The maximum absolute atomic E-state index is 2.47. The van der Waals surface area contributed by atoms with Crippen LogP contribution in [0.2, 0.25) is 19.6 Å². The van der Waals surface area contributed by atoms with Gasteiger partial charge in [-0.25, -0.2) is 0 Å². The van der Waals surface area contributed by atoms with Gasteiger partial charge < -0.3 is 0 Å². The molecule has 0 aliphatic heterocycles. The fourth-order valence-corrected chi connectivity index (χ4v) is 5.04. The Morgan fingerprint density at radius 3 is 2.06 bits per heavy atom. The van der Waals surface area contributed by atoms with Crippen molar-refractivity contribution in [3.8, 4) is 0 Å². The van der Waals surface area contributed by atoms with Crippen molar-refractivity contribution < 1.29 is 0 Å². The average molecular weight is 260 g/mol. The Bertz CT molecular complexity index is 382. The van der Waals surface area contributed by atoms with Crippen LogP contribution in [0.5, 0.6) is 0 Å². The Hall–Kier alpha value is -0.823. The van der Waals surface area contributed by atoms with Crippen molar-refractivity contribution in [3.63, 3.8) is 0 Å². The lowest BCUT2D eigenvalue weighted by Gasteiger charge is -2.26. The van der Waals surface area contributed by atoms with E-state index in [2.05, 4.69) is 63.8 Å². The normalized spacial score (nSPS) is 13.4. The summed E-state index contributed by atoms with van der Waals surface area (Å²) >= 11 is 0. The highest BCUT2D eigenvalue weighted by atomic mass is 28.3. The molecular weight excluding hydrogens is 232 g/mol. The number of hydrogen-bond acceptors (Lipinski definition) is 0. The van der Waals surface area contributed by atoms with Gasteiger partial charge in [0.1, 0.15) is 0 Å². The molecule has 0 saturated carbocycles. The van der Waals surface area contributed by atoms with Crippen LogP contribution in [0.4, 0.5) is 0 Å². The predicted octanol–water partition coefficient (Wildman–Crippen LogP) is 5.92. The molecule has 1 heteroatoms. The summed E-state index contributed by atoms with van der Waals surface area (Å²) < 4.78 is 0. The number of hydrogen-bond donors (Lipinski definition) is 0. The predicted molar refractivity (Wildman–Crippen MR) is 86.5 cm³/mol. The molecule has 0 unspecified atom stereocenters. The van der Waals surface area contributed by atoms with E-state index in [1.165, 1.54) is 31.2 Å². The van der Waals surface area contributed by atoms with Gasteiger partial charge in [-0.05, 0) is 24.8 Å². The quantitative estimate of drug-likeness (QED) is 0.557. The van der Waals surface area contributed by atoms with Crippen molar-refractivity contribution in [2.24, 2.45) is 0 Å². The van der Waals surface area contributed by atoms with Crippen LogP contribution in [0.1, 0.15) is 45.1 Å². The minimum atomic E-state index is -1.28. The molecule has 0 heterocycles. The Morgan fingerprint density at radius 1 is 1.00 bits per heavy atom. The molecule has 1 rings (SSSR count). The molecule has 100 valence electrons. The largest absolute Gasteiger partial charge is 0.0783 e. The highest BCUT2D eigenvalue weighted by Crippen LogP contribution is 2.32. The van der Waals surface area contributed by atoms with Gasteiger partial charge in [0.15, 0.2) is 0 Å². The lowest BCUT2D eigenvalue weighted by molar-refractivity contribution is 0.769. The molecule has 0 spiro atoms. The highest BCUT2D eigenvalue weighted by molar-refractivity contribution is 6.93. The first kappa shape index (κ1) is 15.2. The lowest BCUT2D eigenvalue weighted by Crippen LogP contribution is -2.24. The van der Waals surface area contributed by atoms with E-state index in [1.54, 1.807) is 10.8 Å². The fourth-order valence-electron chi connectivity index (χ4n) is 2.64. The van der Waals surface area contributed by atoms with Gasteiger partial charge in [-0.3, -0.25) is 0 Å². The van der Waals surface area contributed by atoms with Gasteiger partial charge in [-0.1, -0.05) is 81.0 Å². The number of benzene rings is 1. The summed E-state index contributed by atoms with van der Waals surface area (Å²) in [4.78, 5) is 0. The molecule has 0 radical (unpaired) electrons. The van der Waals surface area contributed by atoms with Crippen LogP contribution in [0, 0.1) is 0 Å². The van der Waals surface area contributed by atoms with Gasteiger partial charge in [-0.15, -0.1) is 0 Å². The molecule has 0 atom stereocenters. The first-order valence-corrected chi connectivity index (χ1v) is 10.8. The maximum atomic E-state index is 2.47. The molecular formula is C17H28Si. The van der Waals surface area contributed by atoms with Gasteiger partial charge in [0.05, 0.1) is 8.07 Å². The topological polar surface area (TPSA) is 0 Å². The van der Waals surface area contributed by atoms with E-state index in [9.17, 15) is 0 Å². The lowest BCUT2D eigenvalue weighted by atomic mass is 10.0. The molecule has 1 aromatic carbocycles. The van der Waals surface area contributed by atoms with Gasteiger partial charge in [0, 0.05) is 0 Å². The fraction of sp³-hybridized carbons (Fsp3) is 0.529. The standard InChI is InChI=1S/C17H28Si/c1-6-8-12-15(7-2)17(18(3,4)5)16-13-10-9-11-14-16/h9-11,13-14H,6-8,12H2,1-5H3. The molecule has 0 aromatic heterocycles. The summed E-state index contributed by atoms with van der Waals surface area (Å²) in [5, 5.41) is 1.69. The Labute approximate surface area is 114 Å². The van der Waals surface area contributed by atoms with Gasteiger partial charge in [0.25, 0.3) is 0 Å². The summed E-state index contributed by atoms with van der Waals surface area (Å²) in [5.74, 6) is 0. The van der Waals surface area contributed by atoms with E-state index in [-0.39, 0.29) is 0 Å². The summed E-state index contributed by atoms with van der Waals surface area (Å²) in [5.41, 5.74) is 3.16. The molecule has 0 bridgehead atoms. The number of rotatable bonds is 6. The second kappa shape index (κ2) is 6.94. The molecule has 18 heavy (non-hydrogen) atoms. The van der Waals surface area contributed by atoms with E-state index >= 15 is 0 Å². The van der Waals surface area contributed by atoms with E-state index in [0.717, 1.165) is 0 Å². The third-order valence-electron chi connectivity index (χ3n) is 3.42.